The summed E-state index contributed by atoms with van der Waals surface area (Å²) in [5.74, 6) is 2.04. The molecule has 0 radical (unpaired) electrons. The molecule has 2 aromatic carbocycles. The Hall–Kier alpha value is -3.54. The summed E-state index contributed by atoms with van der Waals surface area (Å²) >= 11 is 0. The van der Waals surface area contributed by atoms with Crippen molar-refractivity contribution >= 4 is 17.2 Å². The molecule has 2 aromatic heterocycles. The van der Waals surface area contributed by atoms with Gasteiger partial charge in [0.1, 0.15) is 0 Å². The van der Waals surface area contributed by atoms with Gasteiger partial charge in [0.25, 0.3) is 0 Å². The summed E-state index contributed by atoms with van der Waals surface area (Å²) in [5, 5.41) is 3.39. The summed E-state index contributed by atoms with van der Waals surface area (Å²) in [6.07, 6.45) is 9.30. The fraction of sp³-hybridized carbons (Fsp3) is 0.217. The Morgan fingerprint density at radius 3 is 2.69 bits per heavy atom. The number of rotatable bonds is 5. The number of hydrogen-bond acceptors (Lipinski definition) is 5. The van der Waals surface area contributed by atoms with Crippen molar-refractivity contribution in [1.29, 1.82) is 0 Å². The third kappa shape index (κ3) is 3.16. The SMILES string of the molecule is COc1ccc(Nc2nc(-c3ccc4c(c3)CCC4)cn3ccnc23)cc1OC. The van der Waals surface area contributed by atoms with Crippen molar-refractivity contribution in [3.63, 3.8) is 0 Å². The molecule has 0 fully saturated rings. The van der Waals surface area contributed by atoms with Crippen LogP contribution in [0, 0.1) is 0 Å². The number of methoxy groups -OCH3 is 2. The van der Waals surface area contributed by atoms with Gasteiger partial charge >= 0.3 is 0 Å². The molecule has 0 saturated heterocycles. The van der Waals surface area contributed by atoms with Gasteiger partial charge in [-0.25, -0.2) is 9.97 Å². The maximum Gasteiger partial charge on any atom is 0.180 e. The van der Waals surface area contributed by atoms with Crippen LogP contribution in [-0.4, -0.2) is 28.6 Å². The normalized spacial score (nSPS) is 12.8. The van der Waals surface area contributed by atoms with Crippen LogP contribution in [-0.2, 0) is 12.8 Å². The van der Waals surface area contributed by atoms with Crippen LogP contribution < -0.4 is 14.8 Å². The Balaban J connectivity index is 1.56. The number of anilines is 2. The van der Waals surface area contributed by atoms with E-state index in [0.717, 1.165) is 29.0 Å². The van der Waals surface area contributed by atoms with Crippen molar-refractivity contribution in [2.24, 2.45) is 0 Å². The number of aryl methyl sites for hydroxylation is 2. The third-order valence-electron chi connectivity index (χ3n) is 5.41. The van der Waals surface area contributed by atoms with Crippen LogP contribution in [0.25, 0.3) is 16.9 Å². The highest BCUT2D eigenvalue weighted by Gasteiger charge is 2.15. The van der Waals surface area contributed by atoms with Gasteiger partial charge in [0, 0.05) is 35.9 Å². The van der Waals surface area contributed by atoms with E-state index in [4.69, 9.17) is 14.5 Å². The Morgan fingerprint density at radius 1 is 0.966 bits per heavy atom. The Kier molecular flexibility index (Phi) is 4.31. The standard InChI is InChI=1S/C23H22N4O2/c1-28-20-9-8-18(13-21(20)29-2)25-22-23-24-10-11-27(23)14-19(26-22)17-7-6-15-4-3-5-16(15)12-17/h6-14H,3-5H2,1-2H3,(H,25,26). The molecule has 0 aliphatic heterocycles. The van der Waals surface area contributed by atoms with Crippen molar-refractivity contribution in [2.45, 2.75) is 19.3 Å². The maximum atomic E-state index is 5.42. The highest BCUT2D eigenvalue weighted by atomic mass is 16.5. The van der Waals surface area contributed by atoms with Crippen LogP contribution in [0.3, 0.4) is 0 Å². The summed E-state index contributed by atoms with van der Waals surface area (Å²) < 4.78 is 12.7. The second-order valence-electron chi connectivity index (χ2n) is 7.16. The zero-order valence-electron chi connectivity index (χ0n) is 16.5. The molecular formula is C23H22N4O2. The van der Waals surface area contributed by atoms with Crippen LogP contribution in [0.2, 0.25) is 0 Å². The molecule has 6 nitrogen and oxygen atoms in total. The Morgan fingerprint density at radius 2 is 1.83 bits per heavy atom. The first-order valence-corrected chi connectivity index (χ1v) is 9.70. The fourth-order valence-electron chi connectivity index (χ4n) is 3.94. The predicted octanol–water partition coefficient (Wildman–Crippen LogP) is 4.65. The first-order valence-electron chi connectivity index (χ1n) is 9.70. The number of ether oxygens (including phenoxy) is 2. The van der Waals surface area contributed by atoms with Gasteiger partial charge in [0.2, 0.25) is 0 Å². The van der Waals surface area contributed by atoms with E-state index < -0.39 is 0 Å². The monoisotopic (exact) mass is 386 g/mol. The zero-order valence-corrected chi connectivity index (χ0v) is 16.5. The van der Waals surface area contributed by atoms with Gasteiger partial charge < -0.3 is 19.2 Å². The highest BCUT2D eigenvalue weighted by Crippen LogP contribution is 2.33. The lowest BCUT2D eigenvalue weighted by atomic mass is 10.0. The van der Waals surface area contributed by atoms with Crippen molar-refractivity contribution in [1.82, 2.24) is 14.4 Å². The zero-order chi connectivity index (χ0) is 19.8. The molecule has 1 aliphatic rings. The van der Waals surface area contributed by atoms with Crippen LogP contribution in [0.4, 0.5) is 11.5 Å². The Labute approximate surface area is 169 Å². The molecule has 0 unspecified atom stereocenters. The van der Waals surface area contributed by atoms with E-state index in [9.17, 15) is 0 Å². The highest BCUT2D eigenvalue weighted by molar-refractivity contribution is 5.75. The van der Waals surface area contributed by atoms with Crippen molar-refractivity contribution in [2.75, 3.05) is 19.5 Å². The largest absolute Gasteiger partial charge is 0.493 e. The van der Waals surface area contributed by atoms with E-state index in [1.165, 1.54) is 24.0 Å². The molecule has 0 amide bonds. The first-order chi connectivity index (χ1) is 14.2. The smallest absolute Gasteiger partial charge is 0.180 e. The van der Waals surface area contributed by atoms with E-state index in [2.05, 4.69) is 28.5 Å². The summed E-state index contributed by atoms with van der Waals surface area (Å²) in [4.78, 5) is 9.36. The van der Waals surface area contributed by atoms with Crippen molar-refractivity contribution in [3.05, 3.63) is 66.1 Å². The molecule has 0 saturated carbocycles. The number of imidazole rings is 1. The molecule has 0 bridgehead atoms. The quantitative estimate of drug-likeness (QED) is 0.541. The molecule has 146 valence electrons. The summed E-state index contributed by atoms with van der Waals surface area (Å²) in [6, 6.07) is 12.4. The van der Waals surface area contributed by atoms with Gasteiger partial charge in [-0.2, -0.15) is 0 Å². The third-order valence-corrected chi connectivity index (χ3v) is 5.41. The number of benzene rings is 2. The number of nitrogens with one attached hydrogen (secondary N) is 1. The van der Waals surface area contributed by atoms with Gasteiger partial charge in [0.05, 0.1) is 19.9 Å². The lowest BCUT2D eigenvalue weighted by Gasteiger charge is -2.13. The summed E-state index contributed by atoms with van der Waals surface area (Å²) in [6.45, 7) is 0. The van der Waals surface area contributed by atoms with Gasteiger partial charge in [-0.1, -0.05) is 12.1 Å². The van der Waals surface area contributed by atoms with E-state index in [-0.39, 0.29) is 0 Å². The van der Waals surface area contributed by atoms with Crippen LogP contribution >= 0.6 is 0 Å². The molecule has 5 rings (SSSR count). The molecule has 1 aliphatic carbocycles. The molecule has 6 heteroatoms. The van der Waals surface area contributed by atoms with Crippen LogP contribution in [0.1, 0.15) is 17.5 Å². The van der Waals surface area contributed by atoms with Crippen LogP contribution in [0.15, 0.2) is 55.0 Å². The van der Waals surface area contributed by atoms with E-state index in [1.807, 2.05) is 35.0 Å². The van der Waals surface area contributed by atoms with Crippen molar-refractivity contribution in [3.8, 4) is 22.8 Å². The second kappa shape index (κ2) is 7.13. The molecule has 0 atom stereocenters. The minimum absolute atomic E-state index is 0.659. The second-order valence-corrected chi connectivity index (χ2v) is 7.16. The van der Waals surface area contributed by atoms with Crippen LogP contribution in [0.5, 0.6) is 11.5 Å². The molecule has 1 N–H and O–H groups in total. The Bertz CT molecular complexity index is 1200. The van der Waals surface area contributed by atoms with E-state index >= 15 is 0 Å². The predicted molar refractivity (Wildman–Crippen MR) is 113 cm³/mol. The maximum absolute atomic E-state index is 5.42. The first kappa shape index (κ1) is 17.6. The topological polar surface area (TPSA) is 60.7 Å². The summed E-state index contributed by atoms with van der Waals surface area (Å²) in [5.41, 5.74) is 6.55. The summed E-state index contributed by atoms with van der Waals surface area (Å²) in [7, 11) is 3.25. The lowest BCUT2D eigenvalue weighted by Crippen LogP contribution is -2.01. The molecule has 4 aromatic rings. The average molecular weight is 386 g/mol. The lowest BCUT2D eigenvalue weighted by molar-refractivity contribution is 0.355. The van der Waals surface area contributed by atoms with Gasteiger partial charge in [0.15, 0.2) is 23.0 Å². The van der Waals surface area contributed by atoms with E-state index in [1.54, 1.807) is 20.4 Å². The van der Waals surface area contributed by atoms with Crippen molar-refractivity contribution < 1.29 is 9.47 Å². The number of aromatic nitrogens is 3. The number of fused-ring (bicyclic) bond motifs is 2. The molecular weight excluding hydrogens is 364 g/mol. The minimum Gasteiger partial charge on any atom is -0.493 e. The van der Waals surface area contributed by atoms with Gasteiger partial charge in [-0.15, -0.1) is 0 Å². The van der Waals surface area contributed by atoms with E-state index in [0.29, 0.717) is 17.3 Å². The molecule has 2 heterocycles. The molecule has 0 spiro atoms. The minimum atomic E-state index is 0.659. The number of nitrogens with zero attached hydrogens (tertiary/aromatic N) is 3. The average Bonchev–Trinajstić information content (AvgIpc) is 3.42. The number of hydrogen-bond donors (Lipinski definition) is 1. The fourth-order valence-corrected chi connectivity index (χ4v) is 3.94. The van der Waals surface area contributed by atoms with Gasteiger partial charge in [-0.3, -0.25) is 0 Å². The molecule has 29 heavy (non-hydrogen) atoms. The van der Waals surface area contributed by atoms with Gasteiger partial charge in [-0.05, 0) is 48.6 Å².